The van der Waals surface area contributed by atoms with E-state index in [1.165, 1.54) is 42.5 Å². The molecule has 0 fully saturated rings. The van der Waals surface area contributed by atoms with Gasteiger partial charge in [0.05, 0.1) is 26.6 Å². The fraction of sp³-hybridized carbons (Fsp3) is 0.0556. The van der Waals surface area contributed by atoms with E-state index in [4.69, 9.17) is 20.8 Å². The highest BCUT2D eigenvalue weighted by atomic mass is 79.9. The number of hydrogen-bond acceptors (Lipinski definition) is 7. The van der Waals surface area contributed by atoms with Crippen molar-refractivity contribution >= 4 is 66.4 Å². The number of anilines is 1. The van der Waals surface area contributed by atoms with Gasteiger partial charge in [-0.2, -0.15) is 0 Å². The summed E-state index contributed by atoms with van der Waals surface area (Å²) in [6, 6.07) is 9.20. The van der Waals surface area contributed by atoms with Gasteiger partial charge in [0.1, 0.15) is 18.1 Å². The minimum Gasteiger partial charge on any atom is -0.484 e. The molecule has 10 nitrogen and oxygen atoms in total. The van der Waals surface area contributed by atoms with Gasteiger partial charge in [-0.05, 0) is 50.1 Å². The zero-order valence-corrected chi connectivity index (χ0v) is 19.1. The number of ether oxygens (including phenoxy) is 1. The first kappa shape index (κ1) is 22.7. The molecule has 0 radical (unpaired) electrons. The quantitative estimate of drug-likeness (QED) is 0.265. The van der Waals surface area contributed by atoms with Gasteiger partial charge in [0.25, 0.3) is 17.3 Å². The van der Waals surface area contributed by atoms with E-state index in [1.807, 2.05) is 0 Å². The maximum atomic E-state index is 12.5. The smallest absolute Gasteiger partial charge is 0.291 e. The van der Waals surface area contributed by atoms with Crippen molar-refractivity contribution in [2.45, 2.75) is 6.61 Å². The van der Waals surface area contributed by atoms with E-state index in [0.29, 0.717) is 8.95 Å². The molecular weight excluding hydrogens is 565 g/mol. The monoisotopic (exact) mass is 573 g/mol. The van der Waals surface area contributed by atoms with Gasteiger partial charge < -0.3 is 14.5 Å². The summed E-state index contributed by atoms with van der Waals surface area (Å²) in [7, 11) is 0. The number of non-ortho nitro benzene ring substituents is 2. The Morgan fingerprint density at radius 2 is 1.68 bits per heavy atom. The lowest BCUT2D eigenvalue weighted by atomic mass is 10.2. The summed E-state index contributed by atoms with van der Waals surface area (Å²) in [5.41, 5.74) is -0.0552. The second-order valence-electron chi connectivity index (χ2n) is 5.92. The summed E-state index contributed by atoms with van der Waals surface area (Å²) in [5, 5.41) is 24.6. The van der Waals surface area contributed by atoms with Crippen LogP contribution in [-0.4, -0.2) is 15.8 Å². The molecule has 31 heavy (non-hydrogen) atoms. The van der Waals surface area contributed by atoms with Gasteiger partial charge in [0.2, 0.25) is 0 Å². The van der Waals surface area contributed by atoms with Gasteiger partial charge in [-0.1, -0.05) is 11.6 Å². The molecule has 13 heteroatoms. The number of rotatable bonds is 7. The van der Waals surface area contributed by atoms with Crippen molar-refractivity contribution in [3.05, 3.63) is 88.2 Å². The van der Waals surface area contributed by atoms with E-state index in [0.717, 1.165) is 0 Å². The van der Waals surface area contributed by atoms with Crippen molar-refractivity contribution in [1.82, 2.24) is 0 Å². The second kappa shape index (κ2) is 9.45. The number of carbonyl (C=O) groups is 1. The van der Waals surface area contributed by atoms with Crippen LogP contribution in [0.2, 0.25) is 5.02 Å². The average molecular weight is 576 g/mol. The van der Waals surface area contributed by atoms with E-state index in [2.05, 4.69) is 37.2 Å². The van der Waals surface area contributed by atoms with Crippen LogP contribution in [0, 0.1) is 20.2 Å². The van der Waals surface area contributed by atoms with E-state index >= 15 is 0 Å². The highest BCUT2D eigenvalue weighted by Crippen LogP contribution is 2.35. The minimum absolute atomic E-state index is 0.0408. The van der Waals surface area contributed by atoms with Crippen molar-refractivity contribution in [3.8, 4) is 5.75 Å². The van der Waals surface area contributed by atoms with Crippen LogP contribution in [0.25, 0.3) is 0 Å². The van der Waals surface area contributed by atoms with Crippen LogP contribution in [0.1, 0.15) is 16.3 Å². The zero-order valence-electron chi connectivity index (χ0n) is 15.1. The molecule has 0 aliphatic heterocycles. The van der Waals surface area contributed by atoms with Gasteiger partial charge in [-0.3, -0.25) is 25.0 Å². The summed E-state index contributed by atoms with van der Waals surface area (Å²) in [6.45, 7) is -0.126. The molecule has 0 saturated carbocycles. The van der Waals surface area contributed by atoms with Crippen LogP contribution in [0.15, 0.2) is 55.8 Å². The summed E-state index contributed by atoms with van der Waals surface area (Å²) >= 11 is 12.4. The molecule has 1 heterocycles. The molecule has 0 spiro atoms. The molecule has 0 atom stereocenters. The maximum Gasteiger partial charge on any atom is 0.291 e. The van der Waals surface area contributed by atoms with Gasteiger partial charge in [0.15, 0.2) is 5.76 Å². The summed E-state index contributed by atoms with van der Waals surface area (Å²) < 4.78 is 11.5. The number of nitro benzene ring substituents is 2. The Balaban J connectivity index is 1.70. The largest absolute Gasteiger partial charge is 0.484 e. The number of amides is 1. The number of benzene rings is 2. The van der Waals surface area contributed by atoms with E-state index in [-0.39, 0.29) is 46.0 Å². The molecule has 0 aliphatic rings. The standard InChI is InChI=1S/C18H10Br2ClN3O7/c19-12-5-10(24(28)29)6-13(20)17(12)22-18(25)15-4-2-11(31-15)8-30-16-7-9(23(26)27)1-3-14(16)21/h1-7H,8H2,(H,22,25). The Morgan fingerprint density at radius 1 is 1.03 bits per heavy atom. The first-order valence-electron chi connectivity index (χ1n) is 8.26. The zero-order chi connectivity index (χ0) is 22.7. The van der Waals surface area contributed by atoms with Crippen molar-refractivity contribution in [2.75, 3.05) is 5.32 Å². The van der Waals surface area contributed by atoms with Gasteiger partial charge in [-0.25, -0.2) is 0 Å². The van der Waals surface area contributed by atoms with Crippen LogP contribution in [-0.2, 0) is 6.61 Å². The summed E-state index contributed by atoms with van der Waals surface area (Å²) in [6.07, 6.45) is 0. The highest BCUT2D eigenvalue weighted by molar-refractivity contribution is 9.11. The molecule has 0 bridgehead atoms. The maximum absolute atomic E-state index is 12.5. The Kier molecular flexibility index (Phi) is 6.93. The van der Waals surface area contributed by atoms with Crippen molar-refractivity contribution in [3.63, 3.8) is 0 Å². The Hall–Kier alpha value is -2.96. The molecule has 0 aliphatic carbocycles. The Labute approximate surface area is 195 Å². The highest BCUT2D eigenvalue weighted by Gasteiger charge is 2.19. The second-order valence-corrected chi connectivity index (χ2v) is 8.04. The molecular formula is C18H10Br2ClN3O7. The first-order valence-corrected chi connectivity index (χ1v) is 10.2. The third kappa shape index (κ3) is 5.40. The number of hydrogen-bond donors (Lipinski definition) is 1. The number of furan rings is 1. The molecule has 2 aromatic carbocycles. The lowest BCUT2D eigenvalue weighted by Gasteiger charge is -2.09. The molecule has 3 aromatic rings. The lowest BCUT2D eigenvalue weighted by Crippen LogP contribution is -2.12. The molecule has 160 valence electrons. The Morgan fingerprint density at radius 3 is 2.29 bits per heavy atom. The van der Waals surface area contributed by atoms with E-state index in [1.54, 1.807) is 0 Å². The predicted octanol–water partition coefficient (Wildman–Crippen LogP) is 6.11. The van der Waals surface area contributed by atoms with Crippen molar-refractivity contribution in [2.24, 2.45) is 0 Å². The van der Waals surface area contributed by atoms with Crippen molar-refractivity contribution < 1.29 is 23.8 Å². The molecule has 1 amide bonds. The molecule has 0 saturated heterocycles. The number of carbonyl (C=O) groups excluding carboxylic acids is 1. The molecule has 3 rings (SSSR count). The van der Waals surface area contributed by atoms with Crippen molar-refractivity contribution in [1.29, 1.82) is 0 Å². The van der Waals surface area contributed by atoms with E-state index in [9.17, 15) is 25.0 Å². The molecule has 1 aromatic heterocycles. The number of halogens is 3. The SMILES string of the molecule is O=C(Nc1c(Br)cc([N+](=O)[O-])cc1Br)c1ccc(COc2cc([N+](=O)[O-])ccc2Cl)o1. The third-order valence-corrected chi connectivity index (χ3v) is 5.42. The molecule has 0 unspecified atom stereocenters. The lowest BCUT2D eigenvalue weighted by molar-refractivity contribution is -0.385. The topological polar surface area (TPSA) is 138 Å². The van der Waals surface area contributed by atoms with Gasteiger partial charge in [0, 0.05) is 27.1 Å². The number of nitro groups is 2. The number of nitrogens with zero attached hydrogens (tertiary/aromatic N) is 2. The summed E-state index contributed by atoms with van der Waals surface area (Å²) in [4.78, 5) is 33.1. The van der Waals surface area contributed by atoms with Crippen LogP contribution in [0.5, 0.6) is 5.75 Å². The number of nitrogens with one attached hydrogen (secondary N) is 1. The average Bonchev–Trinajstić information content (AvgIpc) is 3.18. The fourth-order valence-electron chi connectivity index (χ4n) is 2.40. The molecule has 1 N–H and O–H groups in total. The normalized spacial score (nSPS) is 10.5. The van der Waals surface area contributed by atoms with Crippen LogP contribution in [0.3, 0.4) is 0 Å². The van der Waals surface area contributed by atoms with Crippen LogP contribution in [0.4, 0.5) is 17.1 Å². The van der Waals surface area contributed by atoms with Gasteiger partial charge in [-0.15, -0.1) is 0 Å². The summed E-state index contributed by atoms with van der Waals surface area (Å²) in [5.74, 6) is -0.276. The minimum atomic E-state index is -0.602. The van der Waals surface area contributed by atoms with E-state index < -0.39 is 15.8 Å². The predicted molar refractivity (Wildman–Crippen MR) is 118 cm³/mol. The fourth-order valence-corrected chi connectivity index (χ4v) is 3.93. The third-order valence-electron chi connectivity index (χ3n) is 3.86. The Bertz CT molecular complexity index is 1180. The van der Waals surface area contributed by atoms with Gasteiger partial charge >= 0.3 is 0 Å². The van der Waals surface area contributed by atoms with Crippen LogP contribution >= 0.6 is 43.5 Å². The van der Waals surface area contributed by atoms with Crippen LogP contribution < -0.4 is 10.1 Å². The first-order chi connectivity index (χ1) is 14.7.